The maximum Gasteiger partial charge on any atom is 0.314 e. The lowest BCUT2D eigenvalue weighted by Crippen LogP contribution is -1.53. The Morgan fingerprint density at radius 3 is 2.00 bits per heavy atom. The molecule has 0 bridgehead atoms. The molecule has 0 fully saturated rings. The van der Waals surface area contributed by atoms with Crippen LogP contribution < -0.4 is 0 Å². The number of aromatic amines is 1. The average Bonchev–Trinajstić information content (AvgIpc) is 2.44. The first kappa shape index (κ1) is 13.6. The Labute approximate surface area is 75.0 Å². The molecule has 0 atom stereocenters. The highest BCUT2D eigenvalue weighted by atomic mass is 33.1. The summed E-state index contributed by atoms with van der Waals surface area (Å²) in [6.45, 7) is 0. The van der Waals surface area contributed by atoms with E-state index in [0.717, 1.165) is 0 Å². The van der Waals surface area contributed by atoms with Gasteiger partial charge in [-0.1, -0.05) is 0 Å². The van der Waals surface area contributed by atoms with Crippen LogP contribution in [0.25, 0.3) is 0 Å². The summed E-state index contributed by atoms with van der Waals surface area (Å²) in [4.78, 5) is 14.3. The predicted octanol–water partition coefficient (Wildman–Crippen LogP) is 0.531. The summed E-state index contributed by atoms with van der Waals surface area (Å²) in [5, 5.41) is 6.21. The molecule has 1 rings (SSSR count). The third-order valence-corrected chi connectivity index (χ3v) is 0.406. The number of nitrogens with one attached hydrogen (secondary N) is 1. The first-order valence-corrected chi connectivity index (χ1v) is 5.19. The monoisotopic (exact) mass is 216 g/mol. The summed E-state index contributed by atoms with van der Waals surface area (Å²) in [5.41, 5.74) is 0. The van der Waals surface area contributed by atoms with Gasteiger partial charge in [-0.25, -0.2) is 0 Å². The van der Waals surface area contributed by atoms with Crippen molar-refractivity contribution in [2.75, 3.05) is 0 Å². The Bertz CT molecular complexity index is 138. The van der Waals surface area contributed by atoms with E-state index in [1.165, 1.54) is 0 Å². The molecule has 0 aromatic carbocycles. The number of nitrogens with zero attached hydrogens (tertiary/aromatic N) is 1. The second-order valence-electron chi connectivity index (χ2n) is 1.05. The average molecular weight is 216 g/mol. The maximum absolute atomic E-state index is 8.74. The molecular weight excluding hydrogens is 207 g/mol. The molecule has 0 aliphatic heterocycles. The van der Waals surface area contributed by atoms with Gasteiger partial charge in [0.25, 0.3) is 0 Å². The van der Waals surface area contributed by atoms with Crippen LogP contribution in [0.3, 0.4) is 0 Å². The fraction of sp³-hybridized carbons (Fsp3) is 0. The van der Waals surface area contributed by atoms with E-state index >= 15 is 0 Å². The van der Waals surface area contributed by atoms with E-state index in [9.17, 15) is 0 Å². The van der Waals surface area contributed by atoms with Gasteiger partial charge in [-0.05, 0) is 6.07 Å². The van der Waals surface area contributed by atoms with Crippen LogP contribution in [0.15, 0.2) is 18.5 Å². The molecule has 1 heterocycles. The van der Waals surface area contributed by atoms with Crippen LogP contribution in [0, 0.1) is 0 Å². The zero-order valence-electron chi connectivity index (χ0n) is 5.38. The van der Waals surface area contributed by atoms with Crippen LogP contribution in [0.5, 0.6) is 0 Å². The van der Waals surface area contributed by atoms with Gasteiger partial charge in [0.2, 0.25) is 0 Å². The Balaban J connectivity index is 0. The predicted molar refractivity (Wildman–Crippen MR) is 50.0 cm³/mol. The normalized spacial score (nSPS) is 7.36. The molecule has 0 saturated carbocycles. The zero-order chi connectivity index (χ0) is 9.11. The summed E-state index contributed by atoms with van der Waals surface area (Å²) in [5.74, 6) is 0. The molecule has 0 unspecified atom stereocenters. The van der Waals surface area contributed by atoms with Gasteiger partial charge < -0.3 is 9.79 Å². The van der Waals surface area contributed by atoms with Crippen LogP contribution in [-0.4, -0.2) is 20.0 Å². The quantitative estimate of drug-likeness (QED) is 0.249. The van der Waals surface area contributed by atoms with E-state index < -0.39 is 8.25 Å². The fourth-order valence-electron chi connectivity index (χ4n) is 0.215. The lowest BCUT2D eigenvalue weighted by molar-refractivity contribution is 0.405. The standard InChI is InChI=1S/C3H4N2.H3O3P.H2S2/c1-2-4-5-3-1;1-4(2)3;1-2/h1-3H,(H,4,5);4H,(H2,1,2,3);1-2H. The summed E-state index contributed by atoms with van der Waals surface area (Å²) >= 11 is 6.44. The molecular formula is C3H9N2O3PS2. The summed E-state index contributed by atoms with van der Waals surface area (Å²) in [6.07, 6.45) is 3.46. The van der Waals surface area contributed by atoms with Crippen molar-refractivity contribution in [1.82, 2.24) is 10.2 Å². The van der Waals surface area contributed by atoms with Crippen LogP contribution in [-0.2, 0) is 4.57 Å². The van der Waals surface area contributed by atoms with Crippen LogP contribution in [0.4, 0.5) is 0 Å². The molecule has 1 aromatic rings. The van der Waals surface area contributed by atoms with E-state index in [0.29, 0.717) is 0 Å². The van der Waals surface area contributed by atoms with Crippen LogP contribution >= 0.6 is 31.6 Å². The Hall–Kier alpha value is 0.0600. The maximum atomic E-state index is 8.74. The second-order valence-corrected chi connectivity index (χ2v) is 1.61. The van der Waals surface area contributed by atoms with Gasteiger partial charge in [0.1, 0.15) is 0 Å². The molecule has 3 N–H and O–H groups in total. The van der Waals surface area contributed by atoms with Crippen molar-refractivity contribution in [2.45, 2.75) is 0 Å². The van der Waals surface area contributed by atoms with Gasteiger partial charge in [-0.2, -0.15) is 5.10 Å². The highest BCUT2D eigenvalue weighted by molar-refractivity contribution is 8.59. The smallest absolute Gasteiger partial charge is 0.314 e. The number of hydrogen-bond donors (Lipinski definition) is 5. The number of H-pyrrole nitrogens is 1. The number of rotatable bonds is 0. The van der Waals surface area contributed by atoms with Gasteiger partial charge in [-0.15, -0.1) is 23.3 Å². The molecule has 11 heavy (non-hydrogen) atoms. The largest absolute Gasteiger partial charge is 0.326 e. The Kier molecular flexibility index (Phi) is 15.8. The third kappa shape index (κ3) is 25.5. The second kappa shape index (κ2) is 12.7. The van der Waals surface area contributed by atoms with Crippen molar-refractivity contribution in [2.24, 2.45) is 0 Å². The topological polar surface area (TPSA) is 86.2 Å². The highest BCUT2D eigenvalue weighted by Gasteiger charge is 1.61. The summed E-state index contributed by atoms with van der Waals surface area (Å²) < 4.78 is 8.74. The molecule has 0 amide bonds. The van der Waals surface area contributed by atoms with Crippen LogP contribution in [0.1, 0.15) is 0 Å². The first-order chi connectivity index (χ1) is 5.23. The van der Waals surface area contributed by atoms with Crippen molar-refractivity contribution in [3.63, 3.8) is 0 Å². The minimum atomic E-state index is -3.13. The van der Waals surface area contributed by atoms with Crippen molar-refractivity contribution >= 4 is 31.6 Å². The molecule has 8 heteroatoms. The van der Waals surface area contributed by atoms with Crippen molar-refractivity contribution in [1.29, 1.82) is 0 Å². The van der Waals surface area contributed by atoms with Gasteiger partial charge >= 0.3 is 8.25 Å². The minimum absolute atomic E-state index is 1.69. The lowest BCUT2D eigenvalue weighted by atomic mass is 10.8. The molecule has 1 aromatic heterocycles. The molecule has 0 radical (unpaired) electrons. The number of aromatic nitrogens is 2. The Morgan fingerprint density at radius 2 is 1.91 bits per heavy atom. The fourth-order valence-corrected chi connectivity index (χ4v) is 0.215. The third-order valence-electron chi connectivity index (χ3n) is 0.406. The molecule has 0 aliphatic rings. The number of hydrogen-bond acceptors (Lipinski definition) is 4. The lowest BCUT2D eigenvalue weighted by Gasteiger charge is -1.61. The SMILES string of the molecule is O=[PH](O)O.SS.c1cn[nH]c1. The molecule has 0 aliphatic carbocycles. The molecule has 66 valence electrons. The highest BCUT2D eigenvalue weighted by Crippen LogP contribution is 1.98. The van der Waals surface area contributed by atoms with Crippen molar-refractivity contribution < 1.29 is 14.4 Å². The number of thiol groups is 2. The summed E-state index contributed by atoms with van der Waals surface area (Å²) in [7, 11) is -3.13. The zero-order valence-corrected chi connectivity index (χ0v) is 8.17. The first-order valence-electron chi connectivity index (χ1n) is 2.29. The van der Waals surface area contributed by atoms with E-state index in [4.69, 9.17) is 14.4 Å². The molecule has 5 nitrogen and oxygen atoms in total. The molecule has 0 saturated heterocycles. The Morgan fingerprint density at radius 1 is 1.45 bits per heavy atom. The van der Waals surface area contributed by atoms with E-state index in [-0.39, 0.29) is 0 Å². The minimum Gasteiger partial charge on any atom is -0.326 e. The van der Waals surface area contributed by atoms with Gasteiger partial charge in [0.05, 0.1) is 0 Å². The van der Waals surface area contributed by atoms with E-state index in [1.807, 2.05) is 6.07 Å². The molecule has 0 spiro atoms. The van der Waals surface area contributed by atoms with Crippen LogP contribution in [0.2, 0.25) is 0 Å². The van der Waals surface area contributed by atoms with Gasteiger partial charge in [0.15, 0.2) is 0 Å². The van der Waals surface area contributed by atoms with E-state index in [2.05, 4.69) is 33.5 Å². The summed E-state index contributed by atoms with van der Waals surface area (Å²) in [6, 6.07) is 1.83. The van der Waals surface area contributed by atoms with Gasteiger partial charge in [-0.3, -0.25) is 9.66 Å². The van der Waals surface area contributed by atoms with Crippen molar-refractivity contribution in [3.8, 4) is 0 Å². The van der Waals surface area contributed by atoms with Gasteiger partial charge in [0, 0.05) is 12.4 Å². The van der Waals surface area contributed by atoms with E-state index in [1.54, 1.807) is 12.4 Å². The van der Waals surface area contributed by atoms with Crippen molar-refractivity contribution in [3.05, 3.63) is 18.5 Å².